The van der Waals surface area contributed by atoms with Gasteiger partial charge in [-0.25, -0.2) is 0 Å². The molecule has 0 aromatic rings. The summed E-state index contributed by atoms with van der Waals surface area (Å²) in [5.41, 5.74) is -0.669. The third-order valence-corrected chi connectivity index (χ3v) is 4.87. The average molecular weight is 296 g/mol. The van der Waals surface area contributed by atoms with Crippen LogP contribution in [0.3, 0.4) is 0 Å². The lowest BCUT2D eigenvalue weighted by molar-refractivity contribution is -0.161. The molecule has 2 atom stereocenters. The summed E-state index contributed by atoms with van der Waals surface area (Å²) in [6.07, 6.45) is 4.51. The molecule has 1 saturated carbocycles. The minimum Gasteiger partial charge on any atom is -0.376 e. The van der Waals surface area contributed by atoms with Gasteiger partial charge in [-0.1, -0.05) is 19.3 Å². The Morgan fingerprint density at radius 3 is 2.67 bits per heavy atom. The molecule has 2 heterocycles. The Morgan fingerprint density at radius 2 is 2.00 bits per heavy atom. The molecule has 118 valence electrons. The Hall–Kier alpha value is -1.14. The summed E-state index contributed by atoms with van der Waals surface area (Å²) >= 11 is 0. The van der Waals surface area contributed by atoms with Crippen molar-refractivity contribution in [2.75, 3.05) is 26.4 Å². The van der Waals surface area contributed by atoms with E-state index < -0.39 is 11.6 Å². The molecule has 21 heavy (non-hydrogen) atoms. The molecule has 0 radical (unpaired) electrons. The van der Waals surface area contributed by atoms with Crippen molar-refractivity contribution in [3.8, 4) is 0 Å². The van der Waals surface area contributed by atoms with Crippen LogP contribution in [0.25, 0.3) is 0 Å². The van der Waals surface area contributed by atoms with Gasteiger partial charge in [0.25, 0.3) is 0 Å². The van der Waals surface area contributed by atoms with Crippen molar-refractivity contribution >= 4 is 11.8 Å². The standard InChI is InChI=1S/C15H24N2O4/c1-11-13(18)16-15(5-3-2-4-6-15)14(19)17(11)9-12-10-20-7-8-21-12/h11-12H,2-10H2,1H3,(H,16,18). The fourth-order valence-corrected chi connectivity index (χ4v) is 3.58. The molecule has 1 N–H and O–H groups in total. The molecule has 6 nitrogen and oxygen atoms in total. The third kappa shape index (κ3) is 2.79. The first-order valence-electron chi connectivity index (χ1n) is 7.95. The monoisotopic (exact) mass is 296 g/mol. The Morgan fingerprint density at radius 1 is 1.24 bits per heavy atom. The number of carbonyl (C=O) groups excluding carboxylic acids is 2. The third-order valence-electron chi connectivity index (χ3n) is 4.87. The topological polar surface area (TPSA) is 67.9 Å². The van der Waals surface area contributed by atoms with E-state index in [0.29, 0.717) is 26.4 Å². The SMILES string of the molecule is CC1C(=O)NC2(CCCCC2)C(=O)N1CC1COCCO1. The highest BCUT2D eigenvalue weighted by molar-refractivity contribution is 5.99. The van der Waals surface area contributed by atoms with E-state index in [1.807, 2.05) is 0 Å². The van der Waals surface area contributed by atoms with Crippen LogP contribution < -0.4 is 5.32 Å². The summed E-state index contributed by atoms with van der Waals surface area (Å²) in [5.74, 6) is 0.0108. The molecule has 2 aliphatic heterocycles. The Kier molecular flexibility index (Phi) is 4.17. The number of piperazine rings is 1. The molecule has 1 spiro atoms. The Bertz CT molecular complexity index is 414. The highest BCUT2D eigenvalue weighted by atomic mass is 16.6. The second kappa shape index (κ2) is 5.93. The van der Waals surface area contributed by atoms with Gasteiger partial charge in [0.1, 0.15) is 11.6 Å². The Balaban J connectivity index is 1.76. The molecule has 0 aromatic heterocycles. The first-order valence-corrected chi connectivity index (χ1v) is 7.95. The maximum Gasteiger partial charge on any atom is 0.249 e. The number of amides is 2. The second-order valence-corrected chi connectivity index (χ2v) is 6.33. The van der Waals surface area contributed by atoms with Gasteiger partial charge in [0.2, 0.25) is 11.8 Å². The zero-order valence-electron chi connectivity index (χ0n) is 12.6. The van der Waals surface area contributed by atoms with Crippen LogP contribution in [0, 0.1) is 0 Å². The van der Waals surface area contributed by atoms with Gasteiger partial charge in [-0.15, -0.1) is 0 Å². The van der Waals surface area contributed by atoms with Crippen molar-refractivity contribution in [1.29, 1.82) is 0 Å². The fourth-order valence-electron chi connectivity index (χ4n) is 3.58. The molecule has 2 amide bonds. The molecule has 0 aromatic carbocycles. The van der Waals surface area contributed by atoms with Crippen LogP contribution in [0.4, 0.5) is 0 Å². The second-order valence-electron chi connectivity index (χ2n) is 6.33. The van der Waals surface area contributed by atoms with Crippen LogP contribution in [-0.4, -0.2) is 60.8 Å². The van der Waals surface area contributed by atoms with Crippen molar-refractivity contribution in [2.24, 2.45) is 0 Å². The quantitative estimate of drug-likeness (QED) is 0.803. The molecule has 0 bridgehead atoms. The largest absolute Gasteiger partial charge is 0.376 e. The lowest BCUT2D eigenvalue weighted by Gasteiger charge is -2.47. The molecule has 1 aliphatic carbocycles. The van der Waals surface area contributed by atoms with Crippen LogP contribution in [0.2, 0.25) is 0 Å². The fraction of sp³-hybridized carbons (Fsp3) is 0.867. The van der Waals surface area contributed by atoms with Gasteiger partial charge in [0.05, 0.1) is 32.5 Å². The van der Waals surface area contributed by atoms with Crippen LogP contribution in [0.5, 0.6) is 0 Å². The van der Waals surface area contributed by atoms with Crippen LogP contribution >= 0.6 is 0 Å². The van der Waals surface area contributed by atoms with Crippen molar-refractivity contribution in [3.63, 3.8) is 0 Å². The smallest absolute Gasteiger partial charge is 0.249 e. The maximum absolute atomic E-state index is 12.9. The van der Waals surface area contributed by atoms with Crippen LogP contribution in [0.1, 0.15) is 39.0 Å². The van der Waals surface area contributed by atoms with E-state index in [1.54, 1.807) is 11.8 Å². The van der Waals surface area contributed by atoms with Gasteiger partial charge in [-0.2, -0.15) is 0 Å². The number of ether oxygens (including phenoxy) is 2. The van der Waals surface area contributed by atoms with E-state index in [0.717, 1.165) is 32.1 Å². The van der Waals surface area contributed by atoms with Gasteiger partial charge < -0.3 is 19.7 Å². The van der Waals surface area contributed by atoms with Gasteiger partial charge in [0.15, 0.2) is 0 Å². The number of rotatable bonds is 2. The predicted molar refractivity (Wildman–Crippen MR) is 75.7 cm³/mol. The predicted octanol–water partition coefficient (Wildman–Crippen LogP) is 0.452. The van der Waals surface area contributed by atoms with Crippen molar-refractivity contribution in [3.05, 3.63) is 0 Å². The number of nitrogens with one attached hydrogen (secondary N) is 1. The van der Waals surface area contributed by atoms with Crippen molar-refractivity contribution in [2.45, 2.75) is 56.7 Å². The molecular weight excluding hydrogens is 272 g/mol. The summed E-state index contributed by atoms with van der Waals surface area (Å²) in [5, 5.41) is 3.00. The molecule has 2 unspecified atom stereocenters. The number of hydrogen-bond donors (Lipinski definition) is 1. The molecule has 2 saturated heterocycles. The van der Waals surface area contributed by atoms with Crippen molar-refractivity contribution < 1.29 is 19.1 Å². The minimum absolute atomic E-state index is 0.0479. The van der Waals surface area contributed by atoms with E-state index in [2.05, 4.69) is 5.32 Å². The summed E-state index contributed by atoms with van der Waals surface area (Å²) < 4.78 is 11.0. The average Bonchev–Trinajstić information content (AvgIpc) is 2.52. The summed E-state index contributed by atoms with van der Waals surface area (Å²) in [6.45, 7) is 3.87. The molecule has 3 aliphatic rings. The van der Waals surface area contributed by atoms with Crippen LogP contribution in [-0.2, 0) is 19.1 Å². The van der Waals surface area contributed by atoms with Crippen LogP contribution in [0.15, 0.2) is 0 Å². The van der Waals surface area contributed by atoms with E-state index in [9.17, 15) is 9.59 Å². The van der Waals surface area contributed by atoms with Crippen molar-refractivity contribution in [1.82, 2.24) is 10.2 Å². The van der Waals surface area contributed by atoms with Gasteiger partial charge in [-0.05, 0) is 19.8 Å². The number of nitrogens with zero attached hydrogens (tertiary/aromatic N) is 1. The van der Waals surface area contributed by atoms with E-state index in [-0.39, 0.29) is 17.9 Å². The summed E-state index contributed by atoms with van der Waals surface area (Å²) in [7, 11) is 0. The molecule has 3 fully saturated rings. The lowest BCUT2D eigenvalue weighted by atomic mass is 9.78. The summed E-state index contributed by atoms with van der Waals surface area (Å²) in [4.78, 5) is 26.9. The first kappa shape index (κ1) is 14.8. The minimum atomic E-state index is -0.669. The number of hydrogen-bond acceptors (Lipinski definition) is 4. The number of carbonyl (C=O) groups is 2. The lowest BCUT2D eigenvalue weighted by Crippen LogP contribution is -2.71. The molecule has 3 rings (SSSR count). The van der Waals surface area contributed by atoms with E-state index in [1.165, 1.54) is 0 Å². The zero-order valence-corrected chi connectivity index (χ0v) is 12.6. The summed E-state index contributed by atoms with van der Waals surface area (Å²) in [6, 6.07) is -0.435. The maximum atomic E-state index is 12.9. The van der Waals surface area contributed by atoms with Gasteiger partial charge in [-0.3, -0.25) is 9.59 Å². The van der Waals surface area contributed by atoms with E-state index >= 15 is 0 Å². The highest BCUT2D eigenvalue weighted by Crippen LogP contribution is 2.33. The molecular formula is C15H24N2O4. The highest BCUT2D eigenvalue weighted by Gasteiger charge is 2.50. The molecule has 6 heteroatoms. The Labute approximate surface area is 125 Å². The normalized spacial score (nSPS) is 33.1. The zero-order chi connectivity index (χ0) is 14.9. The van der Waals surface area contributed by atoms with Gasteiger partial charge >= 0.3 is 0 Å². The van der Waals surface area contributed by atoms with Gasteiger partial charge in [0, 0.05) is 0 Å². The van der Waals surface area contributed by atoms with E-state index in [4.69, 9.17) is 9.47 Å². The first-order chi connectivity index (χ1) is 10.1.